The van der Waals surface area contributed by atoms with E-state index in [0.29, 0.717) is 25.5 Å². The summed E-state index contributed by atoms with van der Waals surface area (Å²) in [4.78, 5) is 14.3. The van der Waals surface area contributed by atoms with E-state index in [1.807, 2.05) is 23.1 Å². The molecule has 2 aliphatic heterocycles. The number of carbonyl (C=O) groups excluding carboxylic acids is 1. The molecule has 2 aliphatic rings. The zero-order chi connectivity index (χ0) is 16.4. The van der Waals surface area contributed by atoms with Crippen LogP contribution in [0.15, 0.2) is 23.6 Å². The molecular weight excluding hydrogens is 328 g/mol. The van der Waals surface area contributed by atoms with Crippen LogP contribution in [-0.4, -0.2) is 52.7 Å². The van der Waals surface area contributed by atoms with Gasteiger partial charge in [0.25, 0.3) is 5.91 Å². The van der Waals surface area contributed by atoms with Crippen LogP contribution in [0.2, 0.25) is 0 Å². The van der Waals surface area contributed by atoms with Crippen molar-refractivity contribution in [3.05, 3.63) is 29.3 Å². The Morgan fingerprint density at radius 1 is 1.29 bits per heavy atom. The monoisotopic (exact) mass is 346 g/mol. The first-order valence-electron chi connectivity index (χ1n) is 8.02. The molecule has 24 heavy (non-hydrogen) atoms. The molecule has 4 rings (SSSR count). The van der Waals surface area contributed by atoms with Crippen molar-refractivity contribution >= 4 is 23.1 Å². The lowest BCUT2D eigenvalue weighted by atomic mass is 10.0. The molecule has 7 nitrogen and oxygen atoms in total. The summed E-state index contributed by atoms with van der Waals surface area (Å²) in [5.74, 6) is 1.50. The number of amides is 1. The fourth-order valence-electron chi connectivity index (χ4n) is 3.07. The maximum atomic E-state index is 12.4. The van der Waals surface area contributed by atoms with Crippen molar-refractivity contribution in [1.82, 2.24) is 14.5 Å². The molecule has 0 saturated carbocycles. The van der Waals surface area contributed by atoms with Crippen molar-refractivity contribution in [2.24, 2.45) is 0 Å². The molecule has 126 valence electrons. The number of likely N-dealkylation sites (tertiary alicyclic amines) is 1. The molecule has 1 atom stereocenters. The fourth-order valence-corrected chi connectivity index (χ4v) is 3.50. The van der Waals surface area contributed by atoms with Crippen LogP contribution in [0.3, 0.4) is 0 Å². The highest BCUT2D eigenvalue weighted by atomic mass is 32.1. The number of anilines is 1. The Hall–Kier alpha value is -2.35. The van der Waals surface area contributed by atoms with Crippen molar-refractivity contribution in [3.63, 3.8) is 0 Å². The van der Waals surface area contributed by atoms with Crippen LogP contribution < -0.4 is 14.8 Å². The van der Waals surface area contributed by atoms with Gasteiger partial charge in [-0.25, -0.2) is 0 Å². The molecule has 0 spiro atoms. The molecule has 2 aromatic rings. The maximum Gasteiger partial charge on any atom is 0.275 e. The molecule has 0 bridgehead atoms. The van der Waals surface area contributed by atoms with Crippen molar-refractivity contribution in [2.45, 2.75) is 18.9 Å². The topological polar surface area (TPSA) is 76.6 Å². The van der Waals surface area contributed by atoms with Crippen molar-refractivity contribution in [2.75, 3.05) is 31.6 Å². The SMILES string of the molecule is O=C(c1csnn1)N1CCC[C@@H](Nc2ccc3c(c2)OCCO3)C1. The van der Waals surface area contributed by atoms with Gasteiger partial charge in [-0.05, 0) is 36.5 Å². The summed E-state index contributed by atoms with van der Waals surface area (Å²) >= 11 is 1.20. The van der Waals surface area contributed by atoms with Crippen molar-refractivity contribution < 1.29 is 14.3 Å². The third-order valence-electron chi connectivity index (χ3n) is 4.20. The molecule has 3 heterocycles. The number of fused-ring (bicyclic) bond motifs is 1. The van der Waals surface area contributed by atoms with E-state index in [-0.39, 0.29) is 11.9 Å². The summed E-state index contributed by atoms with van der Waals surface area (Å²) in [6.07, 6.45) is 1.99. The number of benzene rings is 1. The first kappa shape index (κ1) is 15.2. The summed E-state index contributed by atoms with van der Waals surface area (Å²) in [6, 6.07) is 6.07. The average Bonchev–Trinajstić information content (AvgIpc) is 3.16. The molecule has 1 amide bonds. The van der Waals surface area contributed by atoms with Crippen LogP contribution in [0.1, 0.15) is 23.3 Å². The largest absolute Gasteiger partial charge is 0.486 e. The smallest absolute Gasteiger partial charge is 0.275 e. The molecule has 1 aromatic heterocycles. The maximum absolute atomic E-state index is 12.4. The Balaban J connectivity index is 1.42. The number of piperidine rings is 1. The number of carbonyl (C=O) groups is 1. The zero-order valence-corrected chi connectivity index (χ0v) is 13.9. The van der Waals surface area contributed by atoms with Crippen molar-refractivity contribution in [3.8, 4) is 11.5 Å². The summed E-state index contributed by atoms with van der Waals surface area (Å²) in [7, 11) is 0. The lowest BCUT2D eigenvalue weighted by Crippen LogP contribution is -2.45. The quantitative estimate of drug-likeness (QED) is 0.916. The summed E-state index contributed by atoms with van der Waals surface area (Å²) in [5.41, 5.74) is 1.41. The standard InChI is InChI=1S/C16H18N4O3S/c21-16(13-10-24-19-18-13)20-5-1-2-12(9-20)17-11-3-4-14-15(8-11)23-7-6-22-14/h3-4,8,10,12,17H,1-2,5-7,9H2/t12-/m1/s1. The lowest BCUT2D eigenvalue weighted by molar-refractivity contribution is 0.0709. The normalized spacial score (nSPS) is 19.8. The summed E-state index contributed by atoms with van der Waals surface area (Å²) in [6.45, 7) is 2.58. The Morgan fingerprint density at radius 3 is 3.00 bits per heavy atom. The second kappa shape index (κ2) is 6.64. The molecular formula is C16H18N4O3S. The highest BCUT2D eigenvalue weighted by molar-refractivity contribution is 7.03. The van der Waals surface area contributed by atoms with E-state index in [1.54, 1.807) is 5.38 Å². The summed E-state index contributed by atoms with van der Waals surface area (Å²) in [5, 5.41) is 9.07. The van der Waals surface area contributed by atoms with Crippen LogP contribution >= 0.6 is 11.5 Å². The van der Waals surface area contributed by atoms with Gasteiger partial charge in [-0.1, -0.05) is 4.49 Å². The molecule has 1 N–H and O–H groups in total. The van der Waals surface area contributed by atoms with Crippen LogP contribution in [0.5, 0.6) is 11.5 Å². The van der Waals surface area contributed by atoms with E-state index in [1.165, 1.54) is 11.5 Å². The number of nitrogens with one attached hydrogen (secondary N) is 1. The minimum Gasteiger partial charge on any atom is -0.486 e. The van der Waals surface area contributed by atoms with Gasteiger partial charge >= 0.3 is 0 Å². The number of aromatic nitrogens is 2. The first-order chi connectivity index (χ1) is 11.8. The van der Waals surface area contributed by atoms with Crippen LogP contribution in [-0.2, 0) is 0 Å². The van der Waals surface area contributed by atoms with Gasteiger partial charge in [-0.15, -0.1) is 5.10 Å². The minimum atomic E-state index is -0.0441. The zero-order valence-electron chi connectivity index (χ0n) is 13.1. The second-order valence-electron chi connectivity index (χ2n) is 5.88. The summed E-state index contributed by atoms with van der Waals surface area (Å²) < 4.78 is 14.9. The molecule has 8 heteroatoms. The first-order valence-corrected chi connectivity index (χ1v) is 8.86. The average molecular weight is 346 g/mol. The van der Waals surface area contributed by atoms with Gasteiger partial charge in [-0.2, -0.15) is 0 Å². The third-order valence-corrected chi connectivity index (χ3v) is 4.71. The Labute approximate surface area is 143 Å². The number of hydrogen-bond acceptors (Lipinski definition) is 7. The fraction of sp³-hybridized carbons (Fsp3) is 0.438. The minimum absolute atomic E-state index is 0.0441. The highest BCUT2D eigenvalue weighted by Crippen LogP contribution is 2.33. The lowest BCUT2D eigenvalue weighted by Gasteiger charge is -2.33. The Morgan fingerprint density at radius 2 is 2.17 bits per heavy atom. The predicted molar refractivity (Wildman–Crippen MR) is 89.9 cm³/mol. The van der Waals surface area contributed by atoms with E-state index in [2.05, 4.69) is 14.9 Å². The molecule has 1 fully saturated rings. The second-order valence-corrected chi connectivity index (χ2v) is 6.49. The van der Waals surface area contributed by atoms with Crippen LogP contribution in [0.4, 0.5) is 5.69 Å². The van der Waals surface area contributed by atoms with E-state index in [9.17, 15) is 4.79 Å². The van der Waals surface area contributed by atoms with Gasteiger partial charge < -0.3 is 19.7 Å². The van der Waals surface area contributed by atoms with Crippen molar-refractivity contribution in [1.29, 1.82) is 0 Å². The van der Waals surface area contributed by atoms with Gasteiger partial charge in [-0.3, -0.25) is 4.79 Å². The van der Waals surface area contributed by atoms with Crippen LogP contribution in [0, 0.1) is 0 Å². The number of rotatable bonds is 3. The van der Waals surface area contributed by atoms with Gasteiger partial charge in [0.1, 0.15) is 13.2 Å². The number of nitrogens with zero attached hydrogens (tertiary/aromatic N) is 3. The molecule has 0 radical (unpaired) electrons. The molecule has 1 saturated heterocycles. The molecule has 1 aromatic carbocycles. The van der Waals surface area contributed by atoms with Gasteiger partial charge in [0.05, 0.1) is 0 Å². The van der Waals surface area contributed by atoms with E-state index in [0.717, 1.165) is 36.6 Å². The molecule has 0 aliphatic carbocycles. The number of hydrogen-bond donors (Lipinski definition) is 1. The Kier molecular flexibility index (Phi) is 4.20. The van der Waals surface area contributed by atoms with Gasteiger partial charge in [0.2, 0.25) is 0 Å². The Bertz CT molecular complexity index is 722. The van der Waals surface area contributed by atoms with E-state index < -0.39 is 0 Å². The van der Waals surface area contributed by atoms with E-state index >= 15 is 0 Å². The molecule has 0 unspecified atom stereocenters. The third kappa shape index (κ3) is 3.14. The van der Waals surface area contributed by atoms with Gasteiger partial charge in [0.15, 0.2) is 17.2 Å². The predicted octanol–water partition coefficient (Wildman–Crippen LogP) is 2.03. The highest BCUT2D eigenvalue weighted by Gasteiger charge is 2.26. The number of ether oxygens (including phenoxy) is 2. The van der Waals surface area contributed by atoms with Crippen LogP contribution in [0.25, 0.3) is 0 Å². The van der Waals surface area contributed by atoms with E-state index in [4.69, 9.17) is 9.47 Å². The van der Waals surface area contributed by atoms with Gasteiger partial charge in [0, 0.05) is 36.3 Å².